The number of thiol groups is 1. The lowest BCUT2D eigenvalue weighted by molar-refractivity contribution is -0.129. The number of hydrogen-bond acceptors (Lipinski definition) is 10. The normalized spacial score (nSPS) is 17.7. The largest absolute Gasteiger partial charge is 0.447 e. The first-order valence-electron chi connectivity index (χ1n) is 16.4. The molecule has 1 fully saturated rings. The number of likely N-dealkylation sites (N-methyl/N-ethyl adjacent to an activating group) is 1. The monoisotopic (exact) mass is 736 g/mol. The number of carbonyl (C=O) groups is 2. The Morgan fingerprint density at radius 1 is 1.16 bits per heavy atom. The SMILES string of the molecule is CC(C)(C)C.CNC/C(=C\NC(F)F)c1ccc([C@H]2N=C(N)N([C@H](COC(=O)NC3CC3)c3ccc(Cl)c(C(S)N(C)CNC)c3)C2=O)cc1. The maximum Gasteiger partial charge on any atom is 0.407 e. The molecular formula is C35H51ClF2N8O3S. The van der Waals surface area contributed by atoms with Gasteiger partial charge in [0.05, 0.1) is 11.4 Å². The van der Waals surface area contributed by atoms with Crippen LogP contribution < -0.4 is 27.0 Å². The number of guanidine groups is 1. The van der Waals surface area contributed by atoms with Gasteiger partial charge in [0.1, 0.15) is 6.61 Å². The molecule has 0 bridgehead atoms. The third-order valence-corrected chi connectivity index (χ3v) is 8.44. The Morgan fingerprint density at radius 3 is 2.36 bits per heavy atom. The van der Waals surface area contributed by atoms with E-state index in [-0.39, 0.29) is 24.0 Å². The van der Waals surface area contributed by atoms with Crippen LogP contribution in [0.1, 0.15) is 80.2 Å². The number of alkyl halides is 2. The summed E-state index contributed by atoms with van der Waals surface area (Å²) in [7, 11) is 5.42. The molecule has 1 aliphatic heterocycles. The average molecular weight is 737 g/mol. The van der Waals surface area contributed by atoms with E-state index in [0.717, 1.165) is 12.8 Å². The molecule has 6 N–H and O–H groups in total. The van der Waals surface area contributed by atoms with Gasteiger partial charge < -0.3 is 31.7 Å². The Hall–Kier alpha value is -3.43. The van der Waals surface area contributed by atoms with Crippen LogP contribution in [0, 0.1) is 5.41 Å². The predicted molar refractivity (Wildman–Crippen MR) is 199 cm³/mol. The molecule has 0 radical (unpaired) electrons. The van der Waals surface area contributed by atoms with Gasteiger partial charge in [-0.2, -0.15) is 21.4 Å². The van der Waals surface area contributed by atoms with Gasteiger partial charge in [0, 0.05) is 30.5 Å². The van der Waals surface area contributed by atoms with Gasteiger partial charge in [-0.1, -0.05) is 69.6 Å². The quantitative estimate of drug-likeness (QED) is 0.0787. The van der Waals surface area contributed by atoms with Crippen molar-refractivity contribution in [3.05, 3.63) is 75.9 Å². The zero-order chi connectivity index (χ0) is 37.2. The number of hydrogen-bond donors (Lipinski definition) is 6. The number of aliphatic imine (C=N–C) groups is 1. The summed E-state index contributed by atoms with van der Waals surface area (Å²) in [5.41, 5.74) is 10.1. The molecule has 0 aromatic heterocycles. The van der Waals surface area contributed by atoms with Crippen LogP contribution in [0.3, 0.4) is 0 Å². The van der Waals surface area contributed by atoms with Gasteiger partial charge in [0.15, 0.2) is 12.0 Å². The zero-order valence-corrected chi connectivity index (χ0v) is 31.4. The Morgan fingerprint density at radius 2 is 1.80 bits per heavy atom. The number of nitrogens with one attached hydrogen (secondary N) is 4. The second-order valence-electron chi connectivity index (χ2n) is 13.8. The lowest BCUT2D eigenvalue weighted by Crippen LogP contribution is -2.43. The van der Waals surface area contributed by atoms with E-state index in [1.54, 1.807) is 43.4 Å². The first-order chi connectivity index (χ1) is 23.5. The maximum atomic E-state index is 13.9. The summed E-state index contributed by atoms with van der Waals surface area (Å²) >= 11 is 11.3. The summed E-state index contributed by atoms with van der Waals surface area (Å²) in [6, 6.07) is 10.5. The van der Waals surface area contributed by atoms with E-state index in [4.69, 9.17) is 34.7 Å². The highest BCUT2D eigenvalue weighted by Crippen LogP contribution is 2.37. The predicted octanol–water partition coefficient (Wildman–Crippen LogP) is 5.63. The van der Waals surface area contributed by atoms with Crippen molar-refractivity contribution in [2.45, 2.75) is 70.6 Å². The Kier molecular flexibility index (Phi) is 15.3. The number of benzene rings is 2. The van der Waals surface area contributed by atoms with Crippen LogP contribution in [0.2, 0.25) is 5.02 Å². The van der Waals surface area contributed by atoms with Crippen molar-refractivity contribution in [3.8, 4) is 0 Å². The molecule has 2 amide bonds. The average Bonchev–Trinajstić information content (AvgIpc) is 3.81. The zero-order valence-electron chi connectivity index (χ0n) is 29.8. The molecule has 276 valence electrons. The molecule has 50 heavy (non-hydrogen) atoms. The van der Waals surface area contributed by atoms with E-state index >= 15 is 0 Å². The van der Waals surface area contributed by atoms with Crippen molar-refractivity contribution < 1.29 is 23.1 Å². The molecule has 1 aliphatic carbocycles. The summed E-state index contributed by atoms with van der Waals surface area (Å²) in [5.74, 6) is -0.443. The molecule has 11 nitrogen and oxygen atoms in total. The van der Waals surface area contributed by atoms with Gasteiger partial charge in [-0.15, -0.1) is 0 Å². The molecule has 0 spiro atoms. The number of rotatable bonds is 15. The summed E-state index contributed by atoms with van der Waals surface area (Å²) < 4.78 is 31.1. The van der Waals surface area contributed by atoms with Gasteiger partial charge in [0.25, 0.3) is 5.91 Å². The molecule has 0 saturated heterocycles. The van der Waals surface area contributed by atoms with Gasteiger partial charge in [0.2, 0.25) is 0 Å². The molecule has 4 rings (SSSR count). The highest BCUT2D eigenvalue weighted by Gasteiger charge is 2.40. The van der Waals surface area contributed by atoms with Crippen LogP contribution >= 0.6 is 24.2 Å². The van der Waals surface area contributed by atoms with Gasteiger partial charge >= 0.3 is 12.6 Å². The third kappa shape index (κ3) is 12.4. The van der Waals surface area contributed by atoms with Crippen molar-refractivity contribution in [1.82, 2.24) is 31.1 Å². The Balaban J connectivity index is 0.00000126. The second kappa shape index (κ2) is 18.7. The van der Waals surface area contributed by atoms with E-state index in [0.29, 0.717) is 51.5 Å². The molecule has 1 unspecified atom stereocenters. The van der Waals surface area contributed by atoms with Crippen LogP contribution in [-0.4, -0.2) is 81.3 Å². The standard InChI is InChI=1S/C30H39ClF2N8O3S.C5H12/c1-35-13-20(14-37-28(32)33)17-4-6-18(7-5-17)25-26(42)41(29(34)39-25)24(15-44-30(43)38-21-9-10-21)19-8-11-23(31)22(12-19)27(45)40(3)16-36-2;1-5(2,3)4/h4-8,11-12,14,21,24-25,27-28,35-37,45H,9-10,13,15-16H2,1-3H3,(H2,34,39)(H,38,43);1-4H3/b20-14+;/t24-,25-,27?;/m1./s1. The Bertz CT molecular complexity index is 1500. The topological polar surface area (TPSA) is 136 Å². The molecule has 1 heterocycles. The molecule has 2 aromatic carbocycles. The Labute approximate surface area is 304 Å². The van der Waals surface area contributed by atoms with E-state index in [1.807, 2.05) is 30.4 Å². The number of amides is 2. The van der Waals surface area contributed by atoms with Gasteiger partial charge in [-0.05, 0) is 79.4 Å². The summed E-state index contributed by atoms with van der Waals surface area (Å²) in [6.07, 6.45) is 2.45. The first kappa shape index (κ1) is 41.0. The van der Waals surface area contributed by atoms with Gasteiger partial charge in [-0.3, -0.25) is 14.6 Å². The summed E-state index contributed by atoms with van der Waals surface area (Å²) in [4.78, 5) is 34.2. The van der Waals surface area contributed by atoms with E-state index in [2.05, 4.69) is 48.6 Å². The van der Waals surface area contributed by atoms with Crippen LogP contribution in [0.5, 0.6) is 0 Å². The minimum absolute atomic E-state index is 0.0339. The van der Waals surface area contributed by atoms with Crippen LogP contribution in [0.25, 0.3) is 5.57 Å². The van der Waals surface area contributed by atoms with E-state index in [9.17, 15) is 18.4 Å². The van der Waals surface area contributed by atoms with Crippen molar-refractivity contribution in [2.24, 2.45) is 16.1 Å². The maximum absolute atomic E-state index is 13.9. The van der Waals surface area contributed by atoms with E-state index < -0.39 is 30.6 Å². The first-order valence-corrected chi connectivity index (χ1v) is 17.3. The minimum Gasteiger partial charge on any atom is -0.447 e. The highest BCUT2D eigenvalue weighted by molar-refractivity contribution is 7.80. The van der Waals surface area contributed by atoms with Gasteiger partial charge in [-0.25, -0.2) is 9.79 Å². The number of alkyl carbamates (subject to hydrolysis) is 1. The van der Waals surface area contributed by atoms with Crippen LogP contribution in [-0.2, 0) is 9.53 Å². The number of nitrogens with two attached hydrogens (primary N) is 1. The smallest absolute Gasteiger partial charge is 0.407 e. The second-order valence-corrected chi connectivity index (χ2v) is 14.7. The number of carbonyl (C=O) groups excluding carboxylic acids is 2. The molecule has 2 aliphatic rings. The molecule has 3 atom stereocenters. The molecule has 1 saturated carbocycles. The lowest BCUT2D eigenvalue weighted by atomic mass is 9.99. The van der Waals surface area contributed by atoms with Crippen LogP contribution in [0.15, 0.2) is 53.7 Å². The lowest BCUT2D eigenvalue weighted by Gasteiger charge is -2.30. The molecule has 2 aromatic rings. The van der Waals surface area contributed by atoms with Crippen molar-refractivity contribution in [2.75, 3.05) is 41.0 Å². The molecule has 15 heteroatoms. The minimum atomic E-state index is -2.70. The van der Waals surface area contributed by atoms with Crippen molar-refractivity contribution in [3.63, 3.8) is 0 Å². The number of ether oxygens (including phenoxy) is 1. The fraction of sp³-hybridized carbons (Fsp3) is 0.514. The number of nitrogens with zero attached hydrogens (tertiary/aromatic N) is 3. The fourth-order valence-corrected chi connectivity index (χ4v) is 5.54. The summed E-state index contributed by atoms with van der Waals surface area (Å²) in [6.45, 7) is 6.75. The highest BCUT2D eigenvalue weighted by atomic mass is 35.5. The van der Waals surface area contributed by atoms with E-state index in [1.165, 1.54) is 11.1 Å². The molecular weight excluding hydrogens is 686 g/mol. The van der Waals surface area contributed by atoms with Crippen molar-refractivity contribution >= 4 is 47.8 Å². The third-order valence-electron chi connectivity index (χ3n) is 7.42. The fourth-order valence-electron chi connectivity index (χ4n) is 4.95. The van der Waals surface area contributed by atoms with Crippen LogP contribution in [0.4, 0.5) is 13.6 Å². The summed E-state index contributed by atoms with van der Waals surface area (Å²) in [5, 5.41) is 10.9. The van der Waals surface area contributed by atoms with Crippen molar-refractivity contribution in [1.29, 1.82) is 0 Å². The number of halogens is 3.